The monoisotopic (exact) mass is 307 g/mol. The van der Waals surface area contributed by atoms with E-state index in [0.29, 0.717) is 10.6 Å². The molecule has 0 aliphatic heterocycles. The molecular weight excluding hydrogens is 294 g/mol. The number of hydrogen-bond acceptors (Lipinski definition) is 2. The number of carbonyl (C=O) groups is 1. The number of halogens is 1. The van der Waals surface area contributed by atoms with Gasteiger partial charge in [-0.25, -0.2) is 0 Å². The lowest BCUT2D eigenvalue weighted by atomic mass is 9.87. The number of aromatic nitrogens is 1. The van der Waals surface area contributed by atoms with E-state index in [1.165, 1.54) is 0 Å². The van der Waals surface area contributed by atoms with Crippen molar-refractivity contribution in [2.45, 2.75) is 5.92 Å². The molecule has 2 nitrogen and oxygen atoms in total. The van der Waals surface area contributed by atoms with Crippen LogP contribution >= 0.6 is 11.6 Å². The predicted octanol–water partition coefficient (Wildman–Crippen LogP) is 4.75. The van der Waals surface area contributed by atoms with Crippen LogP contribution < -0.4 is 0 Å². The molecule has 0 fully saturated rings. The average Bonchev–Trinajstić information content (AvgIpc) is 2.57. The Bertz CT molecular complexity index is 715. The molecule has 3 heteroatoms. The molecule has 2 aromatic carbocycles. The number of ketones is 1. The minimum Gasteiger partial charge on any atom is -0.293 e. The normalized spacial score (nSPS) is 11.9. The van der Waals surface area contributed by atoms with Crippen LogP contribution in [0.4, 0.5) is 0 Å². The van der Waals surface area contributed by atoms with Gasteiger partial charge in [-0.1, -0.05) is 48.0 Å². The van der Waals surface area contributed by atoms with Gasteiger partial charge in [-0.2, -0.15) is 0 Å². The maximum Gasteiger partial charge on any atom is 0.176 e. The number of benzene rings is 2. The van der Waals surface area contributed by atoms with Crippen molar-refractivity contribution in [3.8, 4) is 0 Å². The Kier molecular flexibility index (Phi) is 4.31. The highest BCUT2D eigenvalue weighted by molar-refractivity contribution is 6.30. The standard InChI is InChI=1S/C19H14ClNO/c20-16-11-9-15(10-12-16)19(22)18(14-6-2-1-3-7-14)17-8-4-5-13-21-17/h1-13,18H/t18-/m1/s1. The fourth-order valence-corrected chi connectivity index (χ4v) is 2.56. The Labute approximate surface area is 134 Å². The summed E-state index contributed by atoms with van der Waals surface area (Å²) in [4.78, 5) is 17.3. The van der Waals surface area contributed by atoms with Crippen LogP contribution in [0, 0.1) is 0 Å². The van der Waals surface area contributed by atoms with Crippen molar-refractivity contribution in [1.82, 2.24) is 4.98 Å². The summed E-state index contributed by atoms with van der Waals surface area (Å²) < 4.78 is 0. The van der Waals surface area contributed by atoms with Crippen LogP contribution in [0.5, 0.6) is 0 Å². The minimum atomic E-state index is -0.413. The maximum atomic E-state index is 13.0. The van der Waals surface area contributed by atoms with E-state index in [0.717, 1.165) is 11.3 Å². The molecule has 0 saturated heterocycles. The third-order valence-electron chi connectivity index (χ3n) is 3.51. The number of rotatable bonds is 4. The van der Waals surface area contributed by atoms with Gasteiger partial charge in [0.2, 0.25) is 0 Å². The Morgan fingerprint density at radius 3 is 2.18 bits per heavy atom. The zero-order valence-corrected chi connectivity index (χ0v) is 12.6. The van der Waals surface area contributed by atoms with Gasteiger partial charge >= 0.3 is 0 Å². The van der Waals surface area contributed by atoms with Gasteiger partial charge in [0.05, 0.1) is 11.6 Å². The second kappa shape index (κ2) is 6.54. The van der Waals surface area contributed by atoms with Gasteiger partial charge in [0.25, 0.3) is 0 Å². The largest absolute Gasteiger partial charge is 0.293 e. The summed E-state index contributed by atoms with van der Waals surface area (Å²) in [5.74, 6) is -0.398. The van der Waals surface area contributed by atoms with Crippen molar-refractivity contribution in [1.29, 1.82) is 0 Å². The molecule has 1 heterocycles. The zero-order valence-electron chi connectivity index (χ0n) is 11.8. The molecule has 0 bridgehead atoms. The Morgan fingerprint density at radius 2 is 1.55 bits per heavy atom. The summed E-state index contributed by atoms with van der Waals surface area (Å²) in [7, 11) is 0. The van der Waals surface area contributed by atoms with Crippen molar-refractivity contribution in [3.05, 3.63) is 101 Å². The summed E-state index contributed by atoms with van der Waals surface area (Å²) in [6, 6.07) is 22.3. The number of hydrogen-bond donors (Lipinski definition) is 0. The molecule has 0 aliphatic rings. The third-order valence-corrected chi connectivity index (χ3v) is 3.76. The van der Waals surface area contributed by atoms with E-state index in [9.17, 15) is 4.79 Å². The summed E-state index contributed by atoms with van der Waals surface area (Å²) in [5.41, 5.74) is 2.30. The van der Waals surface area contributed by atoms with E-state index in [2.05, 4.69) is 4.98 Å². The minimum absolute atomic E-state index is 0.0153. The van der Waals surface area contributed by atoms with Gasteiger partial charge in [-0.15, -0.1) is 0 Å². The molecule has 0 radical (unpaired) electrons. The summed E-state index contributed by atoms with van der Waals surface area (Å²) in [5, 5.41) is 0.616. The molecule has 0 N–H and O–H groups in total. The molecule has 1 atom stereocenters. The van der Waals surface area contributed by atoms with Crippen LogP contribution in [-0.4, -0.2) is 10.8 Å². The van der Waals surface area contributed by atoms with E-state index in [1.807, 2.05) is 48.5 Å². The number of Topliss-reactive ketones (excluding diaryl/α,β-unsaturated/α-hetero) is 1. The summed E-state index contributed by atoms with van der Waals surface area (Å²) in [6.07, 6.45) is 1.71. The lowest BCUT2D eigenvalue weighted by molar-refractivity contribution is 0.0972. The van der Waals surface area contributed by atoms with Crippen LogP contribution in [-0.2, 0) is 0 Å². The highest BCUT2D eigenvalue weighted by atomic mass is 35.5. The van der Waals surface area contributed by atoms with E-state index in [1.54, 1.807) is 30.5 Å². The molecule has 0 aliphatic carbocycles. The Balaban J connectivity index is 2.06. The van der Waals surface area contributed by atoms with E-state index in [-0.39, 0.29) is 5.78 Å². The highest BCUT2D eigenvalue weighted by Gasteiger charge is 2.24. The lowest BCUT2D eigenvalue weighted by Crippen LogP contribution is -2.15. The van der Waals surface area contributed by atoms with Crippen LogP contribution in [0.2, 0.25) is 5.02 Å². The topological polar surface area (TPSA) is 30.0 Å². The predicted molar refractivity (Wildman–Crippen MR) is 88.3 cm³/mol. The first kappa shape index (κ1) is 14.5. The fourth-order valence-electron chi connectivity index (χ4n) is 2.43. The van der Waals surface area contributed by atoms with Crippen molar-refractivity contribution in [2.75, 3.05) is 0 Å². The maximum absolute atomic E-state index is 13.0. The fraction of sp³-hybridized carbons (Fsp3) is 0.0526. The molecule has 3 rings (SSSR count). The third kappa shape index (κ3) is 3.07. The molecule has 22 heavy (non-hydrogen) atoms. The van der Waals surface area contributed by atoms with Gasteiger partial charge in [0.1, 0.15) is 0 Å². The number of pyridine rings is 1. The van der Waals surface area contributed by atoms with E-state index < -0.39 is 5.92 Å². The molecule has 108 valence electrons. The molecular formula is C19H14ClNO. The van der Waals surface area contributed by atoms with Crippen molar-refractivity contribution < 1.29 is 4.79 Å². The number of nitrogens with zero attached hydrogens (tertiary/aromatic N) is 1. The van der Waals surface area contributed by atoms with Gasteiger partial charge in [-0.3, -0.25) is 9.78 Å². The summed E-state index contributed by atoms with van der Waals surface area (Å²) in [6.45, 7) is 0. The van der Waals surface area contributed by atoms with Gasteiger partial charge < -0.3 is 0 Å². The molecule has 0 unspecified atom stereocenters. The first-order valence-corrected chi connectivity index (χ1v) is 7.39. The SMILES string of the molecule is O=C(c1ccc(Cl)cc1)[C@H](c1ccccc1)c1ccccn1. The number of carbonyl (C=O) groups excluding carboxylic acids is 1. The Hall–Kier alpha value is -2.45. The first-order chi connectivity index (χ1) is 10.8. The Morgan fingerprint density at radius 1 is 0.864 bits per heavy atom. The second-order valence-corrected chi connectivity index (χ2v) is 5.41. The van der Waals surface area contributed by atoms with Crippen LogP contribution in [0.3, 0.4) is 0 Å². The van der Waals surface area contributed by atoms with Crippen LogP contribution in [0.1, 0.15) is 27.5 Å². The van der Waals surface area contributed by atoms with Gasteiger partial charge in [0.15, 0.2) is 5.78 Å². The summed E-state index contributed by atoms with van der Waals surface area (Å²) >= 11 is 5.91. The lowest BCUT2D eigenvalue weighted by Gasteiger charge is -2.16. The smallest absolute Gasteiger partial charge is 0.176 e. The first-order valence-electron chi connectivity index (χ1n) is 7.01. The van der Waals surface area contributed by atoms with Crippen molar-refractivity contribution in [2.24, 2.45) is 0 Å². The molecule has 3 aromatic rings. The molecule has 0 amide bonds. The zero-order chi connectivity index (χ0) is 15.4. The molecule has 1 aromatic heterocycles. The van der Waals surface area contributed by atoms with E-state index >= 15 is 0 Å². The second-order valence-electron chi connectivity index (χ2n) is 4.97. The van der Waals surface area contributed by atoms with Crippen LogP contribution in [0.25, 0.3) is 0 Å². The van der Waals surface area contributed by atoms with Gasteiger partial charge in [0, 0.05) is 16.8 Å². The van der Waals surface area contributed by atoms with Crippen molar-refractivity contribution in [3.63, 3.8) is 0 Å². The van der Waals surface area contributed by atoms with Gasteiger partial charge in [-0.05, 0) is 42.0 Å². The van der Waals surface area contributed by atoms with Crippen LogP contribution in [0.15, 0.2) is 79.0 Å². The molecule has 0 spiro atoms. The quantitative estimate of drug-likeness (QED) is 0.651. The highest BCUT2D eigenvalue weighted by Crippen LogP contribution is 2.27. The van der Waals surface area contributed by atoms with Crippen molar-refractivity contribution >= 4 is 17.4 Å². The van der Waals surface area contributed by atoms with E-state index in [4.69, 9.17) is 11.6 Å². The molecule has 0 saturated carbocycles. The average molecular weight is 308 g/mol.